The summed E-state index contributed by atoms with van der Waals surface area (Å²) < 4.78 is 2.08. The van der Waals surface area contributed by atoms with Gasteiger partial charge in [0.25, 0.3) is 0 Å². The van der Waals surface area contributed by atoms with Gasteiger partial charge < -0.3 is 0 Å². The lowest BCUT2D eigenvalue weighted by Gasteiger charge is -1.99. The van der Waals surface area contributed by atoms with E-state index in [0.29, 0.717) is 0 Å². The van der Waals surface area contributed by atoms with E-state index in [-0.39, 0.29) is 0 Å². The van der Waals surface area contributed by atoms with Crippen molar-refractivity contribution >= 4 is 42.6 Å². The number of benzene rings is 2. The van der Waals surface area contributed by atoms with Crippen molar-refractivity contribution in [2.24, 2.45) is 0 Å². The molecule has 0 aromatic heterocycles. The van der Waals surface area contributed by atoms with Crippen LogP contribution >= 0.6 is 31.9 Å². The van der Waals surface area contributed by atoms with Gasteiger partial charge in [0.2, 0.25) is 0 Å². The Morgan fingerprint density at radius 3 is 2.67 bits per heavy atom. The molecule has 0 nitrogen and oxygen atoms in total. The van der Waals surface area contributed by atoms with Crippen molar-refractivity contribution in [3.63, 3.8) is 0 Å². The monoisotopic (exact) mass is 283 g/mol. The summed E-state index contributed by atoms with van der Waals surface area (Å²) in [4.78, 5) is 0. The number of fused-ring (bicyclic) bond motifs is 1. The fraction of sp³-hybridized carbons (Fsp3) is 0. The fourth-order valence-electron chi connectivity index (χ4n) is 1.15. The minimum Gasteiger partial charge on any atom is -0.0616 e. The van der Waals surface area contributed by atoms with Crippen molar-refractivity contribution < 1.29 is 0 Å². The van der Waals surface area contributed by atoms with Crippen LogP contribution in [0.2, 0.25) is 0 Å². The van der Waals surface area contributed by atoms with E-state index in [9.17, 15) is 0 Å². The Morgan fingerprint density at radius 2 is 1.83 bits per heavy atom. The molecule has 0 atom stereocenters. The minimum atomic E-state index is 0.980. The van der Waals surface area contributed by atoms with Gasteiger partial charge in [-0.2, -0.15) is 0 Å². The summed E-state index contributed by atoms with van der Waals surface area (Å²) >= 11 is 6.90. The minimum absolute atomic E-state index is 0.980. The van der Waals surface area contributed by atoms with Gasteiger partial charge >= 0.3 is 0 Å². The zero-order valence-corrected chi connectivity index (χ0v) is 9.31. The van der Waals surface area contributed by atoms with Crippen molar-refractivity contribution in [2.45, 2.75) is 0 Å². The van der Waals surface area contributed by atoms with Crippen molar-refractivity contribution in [3.05, 3.63) is 45.3 Å². The van der Waals surface area contributed by atoms with Crippen LogP contribution in [0.25, 0.3) is 10.8 Å². The van der Waals surface area contributed by atoms with Crippen LogP contribution in [0.3, 0.4) is 0 Å². The van der Waals surface area contributed by atoms with Gasteiger partial charge in [0.05, 0.1) is 0 Å². The molecule has 0 saturated carbocycles. The van der Waals surface area contributed by atoms with Crippen molar-refractivity contribution in [3.8, 4) is 0 Å². The summed E-state index contributed by atoms with van der Waals surface area (Å²) in [6, 6.07) is 13.4. The maximum absolute atomic E-state index is 3.50. The smallest absolute Gasteiger partial charge is 0.0272 e. The van der Waals surface area contributed by atoms with Crippen molar-refractivity contribution in [2.75, 3.05) is 0 Å². The molecule has 0 amide bonds. The van der Waals surface area contributed by atoms with E-state index in [1.54, 1.807) is 0 Å². The van der Waals surface area contributed by atoms with Crippen molar-refractivity contribution in [1.82, 2.24) is 0 Å². The van der Waals surface area contributed by atoms with Gasteiger partial charge in [0, 0.05) is 15.0 Å². The Balaban J connectivity index is 2.89. The number of hydrogen-bond donors (Lipinski definition) is 0. The van der Waals surface area contributed by atoms with E-state index in [4.69, 9.17) is 0 Å². The molecular weight excluding hydrogens is 280 g/mol. The number of halogens is 2. The Labute approximate surface area is 87.8 Å². The molecule has 2 aromatic carbocycles. The third kappa shape index (κ3) is 1.41. The molecule has 0 saturated heterocycles. The molecule has 2 aromatic rings. The summed E-state index contributed by atoms with van der Waals surface area (Å²) in [7, 11) is 0. The first-order valence-corrected chi connectivity index (χ1v) is 5.12. The average molecular weight is 285 g/mol. The first-order valence-electron chi connectivity index (χ1n) is 3.53. The summed E-state index contributed by atoms with van der Waals surface area (Å²) in [5.41, 5.74) is 0. The molecule has 0 fully saturated rings. The summed E-state index contributed by atoms with van der Waals surface area (Å²) in [5.74, 6) is 0. The Morgan fingerprint density at radius 1 is 1.08 bits per heavy atom. The topological polar surface area (TPSA) is 0 Å². The van der Waals surface area contributed by atoms with E-state index < -0.39 is 0 Å². The molecule has 0 aliphatic carbocycles. The molecular formula is C10H5Br2. The van der Waals surface area contributed by atoms with Crippen LogP contribution in [-0.2, 0) is 0 Å². The maximum atomic E-state index is 3.50. The molecule has 0 spiro atoms. The summed E-state index contributed by atoms with van der Waals surface area (Å²) in [6.07, 6.45) is 0. The van der Waals surface area contributed by atoms with Crippen LogP contribution in [0, 0.1) is 6.07 Å². The quantitative estimate of drug-likeness (QED) is 0.681. The second-order valence-electron chi connectivity index (χ2n) is 2.51. The average Bonchev–Trinajstić information content (AvgIpc) is 2.04. The number of rotatable bonds is 0. The third-order valence-electron chi connectivity index (χ3n) is 1.69. The highest BCUT2D eigenvalue weighted by atomic mass is 79.9. The van der Waals surface area contributed by atoms with Crippen LogP contribution in [0.5, 0.6) is 0 Å². The van der Waals surface area contributed by atoms with Crippen LogP contribution in [-0.4, -0.2) is 0 Å². The Kier molecular flexibility index (Phi) is 2.20. The normalized spacial score (nSPS) is 10.5. The van der Waals surface area contributed by atoms with E-state index in [1.807, 2.05) is 24.3 Å². The second-order valence-corrected chi connectivity index (χ2v) is 4.22. The number of hydrogen-bond acceptors (Lipinski definition) is 0. The van der Waals surface area contributed by atoms with Gasteiger partial charge in [0.15, 0.2) is 0 Å². The van der Waals surface area contributed by atoms with Crippen LogP contribution in [0.1, 0.15) is 0 Å². The lowest BCUT2D eigenvalue weighted by atomic mass is 10.1. The zero-order chi connectivity index (χ0) is 8.55. The highest BCUT2D eigenvalue weighted by Crippen LogP contribution is 2.27. The van der Waals surface area contributed by atoms with Crippen LogP contribution < -0.4 is 0 Å². The molecule has 2 rings (SSSR count). The van der Waals surface area contributed by atoms with Crippen molar-refractivity contribution in [1.29, 1.82) is 0 Å². The molecule has 0 aliphatic heterocycles. The van der Waals surface area contributed by atoms with Gasteiger partial charge in [-0.1, -0.05) is 56.1 Å². The highest BCUT2D eigenvalue weighted by molar-refractivity contribution is 9.11. The molecule has 12 heavy (non-hydrogen) atoms. The SMILES string of the molecule is Brc1[c]c2ccccc2c(Br)c1. The molecule has 1 radical (unpaired) electrons. The predicted octanol–water partition coefficient (Wildman–Crippen LogP) is 4.16. The highest BCUT2D eigenvalue weighted by Gasteiger charge is 1.98. The Hall–Kier alpha value is -0.340. The third-order valence-corrected chi connectivity index (χ3v) is 2.78. The van der Waals surface area contributed by atoms with Gasteiger partial charge in [-0.3, -0.25) is 0 Å². The maximum Gasteiger partial charge on any atom is 0.0272 e. The lowest BCUT2D eigenvalue weighted by molar-refractivity contribution is 1.65. The Bertz CT molecular complexity index is 421. The molecule has 0 bridgehead atoms. The largest absolute Gasteiger partial charge is 0.0616 e. The predicted molar refractivity (Wildman–Crippen MR) is 58.2 cm³/mol. The standard InChI is InChI=1S/C10H5Br2/c11-8-5-7-3-1-2-4-9(7)10(12)6-8/h1-4,6H. The second kappa shape index (κ2) is 3.19. The van der Waals surface area contributed by atoms with Gasteiger partial charge in [-0.15, -0.1) is 0 Å². The van der Waals surface area contributed by atoms with E-state index in [0.717, 1.165) is 14.3 Å². The zero-order valence-electron chi connectivity index (χ0n) is 6.14. The van der Waals surface area contributed by atoms with E-state index in [2.05, 4.69) is 44.0 Å². The molecule has 0 heterocycles. The van der Waals surface area contributed by atoms with Gasteiger partial charge in [0.1, 0.15) is 0 Å². The first kappa shape index (κ1) is 8.27. The van der Waals surface area contributed by atoms with Crippen LogP contribution in [0.4, 0.5) is 0 Å². The molecule has 0 aliphatic rings. The lowest BCUT2D eigenvalue weighted by Crippen LogP contribution is -1.74. The molecule has 0 unspecified atom stereocenters. The fourth-order valence-corrected chi connectivity index (χ4v) is 2.48. The van der Waals surface area contributed by atoms with Gasteiger partial charge in [-0.05, 0) is 16.8 Å². The van der Waals surface area contributed by atoms with E-state index >= 15 is 0 Å². The molecule has 59 valence electrons. The summed E-state index contributed by atoms with van der Waals surface area (Å²) in [5, 5.41) is 2.32. The van der Waals surface area contributed by atoms with E-state index in [1.165, 1.54) is 5.39 Å². The van der Waals surface area contributed by atoms with Crippen LogP contribution in [0.15, 0.2) is 39.3 Å². The summed E-state index contributed by atoms with van der Waals surface area (Å²) in [6.45, 7) is 0. The molecule has 2 heteroatoms. The van der Waals surface area contributed by atoms with Gasteiger partial charge in [-0.25, -0.2) is 0 Å². The molecule has 0 N–H and O–H groups in total. The first-order chi connectivity index (χ1) is 5.77.